The predicted molar refractivity (Wildman–Crippen MR) is 216 cm³/mol. The molecule has 0 saturated carbocycles. The first-order valence-electron chi connectivity index (χ1n) is 18.8. The third-order valence-corrected chi connectivity index (χ3v) is 14.0. The van der Waals surface area contributed by atoms with Gasteiger partial charge in [0.25, 0.3) is 0 Å². The average molecular weight is 818 g/mol. The van der Waals surface area contributed by atoms with Crippen LogP contribution >= 0.6 is 15.9 Å². The zero-order valence-corrected chi connectivity index (χ0v) is 36.8. The minimum absolute atomic E-state index is 0.0841. The highest BCUT2D eigenvalue weighted by atomic mass is 79.9. The van der Waals surface area contributed by atoms with Gasteiger partial charge in [0.15, 0.2) is 11.5 Å². The first-order chi connectivity index (χ1) is 24.1. The smallest absolute Gasteiger partial charge is 0.410 e. The third kappa shape index (κ3) is 10.2. The highest BCUT2D eigenvalue weighted by Gasteiger charge is 2.46. The van der Waals surface area contributed by atoms with E-state index in [1.165, 1.54) is 0 Å². The number of halogens is 1. The summed E-state index contributed by atoms with van der Waals surface area (Å²) in [6, 6.07) is 6.12. The van der Waals surface area contributed by atoms with Crippen LogP contribution in [-0.2, 0) is 19.8 Å². The van der Waals surface area contributed by atoms with Crippen molar-refractivity contribution in [1.82, 2.24) is 24.5 Å². The van der Waals surface area contributed by atoms with E-state index in [4.69, 9.17) is 24.3 Å². The van der Waals surface area contributed by atoms with E-state index in [0.717, 1.165) is 64.9 Å². The van der Waals surface area contributed by atoms with Crippen LogP contribution in [0.1, 0.15) is 77.6 Å². The topological polar surface area (TPSA) is 115 Å². The number of hydrogen-bond acceptors (Lipinski definition) is 9. The zero-order chi connectivity index (χ0) is 38.2. The average Bonchev–Trinajstić information content (AvgIpc) is 3.55. The van der Waals surface area contributed by atoms with E-state index in [1.54, 1.807) is 20.0 Å². The molecular weight excluding hydrogens is 757 g/mol. The Balaban J connectivity index is 1.57. The molecule has 0 aliphatic carbocycles. The van der Waals surface area contributed by atoms with E-state index in [-0.39, 0.29) is 24.1 Å². The standard InChI is InChI=1S/C38H61BrN6O5Si2/c1-37(2,3)50-36(46)44-28-13-14-29(44)21-27(20-28)33-32(39)35(43(24-48-16-18-51(6,7)8)25-49-17-19-52(9,10)11)45-34(42-33)30(23-41-45)26-12-15-31(40-22-26)38(4,5)47/h12,15,22-23,27-29,47H,13-14,16-21,24-25H2,1-11H3/t27?,28-,29?/m0/s1. The number of aromatic nitrogens is 4. The molecule has 52 heavy (non-hydrogen) atoms. The summed E-state index contributed by atoms with van der Waals surface area (Å²) in [5, 5.41) is 15.5. The molecule has 5 heterocycles. The second-order valence-corrected chi connectivity index (χ2v) is 30.6. The number of carbonyl (C=O) groups is 1. The van der Waals surface area contributed by atoms with Gasteiger partial charge in [-0.2, -0.15) is 9.61 Å². The van der Waals surface area contributed by atoms with Gasteiger partial charge in [-0.05, 0) is 94.4 Å². The zero-order valence-electron chi connectivity index (χ0n) is 33.3. The van der Waals surface area contributed by atoms with Gasteiger partial charge in [-0.25, -0.2) is 9.78 Å². The number of anilines is 1. The van der Waals surface area contributed by atoms with Crippen LogP contribution < -0.4 is 4.90 Å². The highest BCUT2D eigenvalue weighted by molar-refractivity contribution is 9.10. The molecule has 1 N–H and O–H groups in total. The van der Waals surface area contributed by atoms with Crippen LogP contribution in [0.2, 0.25) is 51.4 Å². The predicted octanol–water partition coefficient (Wildman–Crippen LogP) is 8.86. The van der Waals surface area contributed by atoms with Gasteiger partial charge in [0.2, 0.25) is 0 Å². The van der Waals surface area contributed by atoms with Gasteiger partial charge in [0.1, 0.15) is 24.7 Å². The van der Waals surface area contributed by atoms with Gasteiger partial charge in [0, 0.05) is 64.7 Å². The SMILES string of the molecule is CC(C)(C)OC(=O)N1C2CC[C@H]1CC(c1nc3c(-c4ccc(C(C)(C)O)nc4)cnn3c(N(COCC[Si](C)(C)C)COCC[Si](C)(C)C)c1Br)C2. The lowest BCUT2D eigenvalue weighted by atomic mass is 9.88. The van der Waals surface area contributed by atoms with Gasteiger partial charge in [-0.15, -0.1) is 0 Å². The highest BCUT2D eigenvalue weighted by Crippen LogP contribution is 2.47. The summed E-state index contributed by atoms with van der Waals surface area (Å²) in [5.74, 6) is 0.936. The molecule has 2 bridgehead atoms. The fourth-order valence-corrected chi connectivity index (χ4v) is 9.26. The van der Waals surface area contributed by atoms with Crippen LogP contribution in [0.4, 0.5) is 10.6 Å². The summed E-state index contributed by atoms with van der Waals surface area (Å²) < 4.78 is 21.4. The maximum atomic E-state index is 13.3. The fourth-order valence-electron chi connectivity index (χ4n) is 6.92. The summed E-state index contributed by atoms with van der Waals surface area (Å²) in [5.41, 5.74) is 2.35. The number of carbonyl (C=O) groups excluding carboxylic acids is 1. The maximum Gasteiger partial charge on any atom is 0.410 e. The van der Waals surface area contributed by atoms with E-state index in [1.807, 2.05) is 48.5 Å². The lowest BCUT2D eigenvalue weighted by Crippen LogP contribution is -2.48. The van der Waals surface area contributed by atoms with Crippen molar-refractivity contribution < 1.29 is 24.1 Å². The van der Waals surface area contributed by atoms with Crippen LogP contribution in [-0.4, -0.2) is 96.2 Å². The minimum atomic E-state index is -1.30. The van der Waals surface area contributed by atoms with E-state index in [2.05, 4.69) is 65.1 Å². The van der Waals surface area contributed by atoms with E-state index in [0.29, 0.717) is 38.0 Å². The van der Waals surface area contributed by atoms with Gasteiger partial charge in [-0.1, -0.05) is 45.3 Å². The third-order valence-electron chi connectivity index (χ3n) is 9.80. The van der Waals surface area contributed by atoms with Crippen molar-refractivity contribution in [2.24, 2.45) is 0 Å². The minimum Gasteiger partial charge on any atom is -0.444 e. The molecule has 2 saturated heterocycles. The Morgan fingerprint density at radius 3 is 2.00 bits per heavy atom. The first-order valence-corrected chi connectivity index (χ1v) is 27.0. The molecule has 2 aliphatic rings. The van der Waals surface area contributed by atoms with E-state index >= 15 is 0 Å². The van der Waals surface area contributed by atoms with Crippen molar-refractivity contribution in [1.29, 1.82) is 0 Å². The van der Waals surface area contributed by atoms with Crippen LogP contribution in [0.25, 0.3) is 16.8 Å². The van der Waals surface area contributed by atoms with Crippen molar-refractivity contribution in [2.75, 3.05) is 31.6 Å². The van der Waals surface area contributed by atoms with Crippen LogP contribution in [0, 0.1) is 0 Å². The Morgan fingerprint density at radius 1 is 0.942 bits per heavy atom. The molecule has 0 aromatic carbocycles. The van der Waals surface area contributed by atoms with Crippen LogP contribution in [0.3, 0.4) is 0 Å². The molecule has 288 valence electrons. The van der Waals surface area contributed by atoms with Crippen LogP contribution in [0.5, 0.6) is 0 Å². The molecule has 2 aliphatic heterocycles. The number of aliphatic hydroxyl groups is 1. The molecule has 2 unspecified atom stereocenters. The molecule has 3 atom stereocenters. The molecular formula is C38H61BrN6O5Si2. The number of fused-ring (bicyclic) bond motifs is 3. The summed E-state index contributed by atoms with van der Waals surface area (Å²) >= 11 is 4.05. The molecule has 3 aromatic rings. The summed E-state index contributed by atoms with van der Waals surface area (Å²) in [6.45, 7) is 25.4. The Bertz CT molecular complexity index is 1660. The Hall–Kier alpha value is -2.37. The number of nitrogens with zero attached hydrogens (tertiary/aromatic N) is 6. The summed E-state index contributed by atoms with van der Waals surface area (Å²) in [7, 11) is -2.59. The summed E-state index contributed by atoms with van der Waals surface area (Å²) in [4.78, 5) is 27.4. The Kier molecular flexibility index (Phi) is 12.4. The lowest BCUT2D eigenvalue weighted by Gasteiger charge is -2.39. The number of pyridine rings is 1. The number of piperidine rings is 1. The second-order valence-electron chi connectivity index (χ2n) is 18.6. The van der Waals surface area contributed by atoms with E-state index in [9.17, 15) is 9.90 Å². The van der Waals surface area contributed by atoms with Crippen molar-refractivity contribution in [3.8, 4) is 11.1 Å². The molecule has 0 spiro atoms. The molecule has 3 aromatic heterocycles. The molecule has 1 amide bonds. The fraction of sp³-hybridized carbons (Fsp3) is 0.684. The van der Waals surface area contributed by atoms with Crippen molar-refractivity contribution in [2.45, 2.75) is 141 Å². The molecule has 5 rings (SSSR count). The Labute approximate surface area is 321 Å². The quantitative estimate of drug-likeness (QED) is 0.0969. The van der Waals surface area contributed by atoms with Crippen molar-refractivity contribution >= 4 is 49.6 Å². The number of ether oxygens (including phenoxy) is 3. The molecule has 11 nitrogen and oxygen atoms in total. The van der Waals surface area contributed by atoms with E-state index < -0.39 is 27.3 Å². The molecule has 2 fully saturated rings. The van der Waals surface area contributed by atoms with Gasteiger partial charge < -0.3 is 29.1 Å². The van der Waals surface area contributed by atoms with Crippen molar-refractivity contribution in [3.63, 3.8) is 0 Å². The van der Waals surface area contributed by atoms with Crippen molar-refractivity contribution in [3.05, 3.63) is 40.4 Å². The monoisotopic (exact) mass is 816 g/mol. The van der Waals surface area contributed by atoms with Crippen LogP contribution in [0.15, 0.2) is 29.0 Å². The Morgan fingerprint density at radius 2 is 1.52 bits per heavy atom. The first kappa shape index (κ1) is 40.8. The molecule has 0 radical (unpaired) electrons. The second kappa shape index (κ2) is 15.8. The summed E-state index contributed by atoms with van der Waals surface area (Å²) in [6.07, 6.45) is 6.89. The molecule has 14 heteroatoms. The largest absolute Gasteiger partial charge is 0.444 e. The van der Waals surface area contributed by atoms with Gasteiger partial charge >= 0.3 is 6.09 Å². The lowest BCUT2D eigenvalue weighted by molar-refractivity contribution is 0.00565. The number of rotatable bonds is 14. The van der Waals surface area contributed by atoms with Gasteiger partial charge in [0.05, 0.1) is 22.1 Å². The maximum absolute atomic E-state index is 13.3. The van der Waals surface area contributed by atoms with Gasteiger partial charge in [-0.3, -0.25) is 4.98 Å². The normalized spacial score (nSPS) is 19.8. The number of amides is 1. The number of hydrogen-bond donors (Lipinski definition) is 1.